The summed E-state index contributed by atoms with van der Waals surface area (Å²) in [5.41, 5.74) is 7.02. The number of ether oxygens (including phenoxy) is 2. The van der Waals surface area contributed by atoms with Gasteiger partial charge < -0.3 is 29.7 Å². The van der Waals surface area contributed by atoms with Gasteiger partial charge in [-0.15, -0.1) is 0 Å². The van der Waals surface area contributed by atoms with Gasteiger partial charge in [-0.3, -0.25) is 9.78 Å². The second-order valence-corrected chi connectivity index (χ2v) is 12.0. The lowest BCUT2D eigenvalue weighted by atomic mass is 9.89. The Kier molecular flexibility index (Phi) is 19.5. The highest BCUT2D eigenvalue weighted by molar-refractivity contribution is 6.30. The van der Waals surface area contributed by atoms with Gasteiger partial charge in [-0.2, -0.15) is 0 Å². The van der Waals surface area contributed by atoms with Crippen LogP contribution in [0.4, 0.5) is 0 Å². The van der Waals surface area contributed by atoms with E-state index >= 15 is 0 Å². The van der Waals surface area contributed by atoms with Crippen molar-refractivity contribution in [3.8, 4) is 5.75 Å². The SMILES string of the molecule is CC.CC=O.CCCc1c(C(C)C2=CCC(OCCC(O)CNC(=O)c3cccnc3)C=C2)[nH]c2ccc(C)cc12.COc1ccc(Cl)cc1. The van der Waals surface area contributed by atoms with Crippen molar-refractivity contribution in [3.05, 3.63) is 118 Å². The third-order valence-electron chi connectivity index (χ3n) is 7.87. The van der Waals surface area contributed by atoms with Crippen LogP contribution in [0.5, 0.6) is 5.75 Å². The van der Waals surface area contributed by atoms with Crippen LogP contribution in [0, 0.1) is 6.92 Å². The number of aryl methyl sites for hydroxylation is 2. The summed E-state index contributed by atoms with van der Waals surface area (Å²) in [6.45, 7) is 12.7. The molecule has 270 valence electrons. The van der Waals surface area contributed by atoms with Gasteiger partial charge in [0.1, 0.15) is 12.0 Å². The zero-order valence-corrected chi connectivity index (χ0v) is 31.3. The van der Waals surface area contributed by atoms with Crippen LogP contribution < -0.4 is 10.1 Å². The summed E-state index contributed by atoms with van der Waals surface area (Å²) in [7, 11) is 1.63. The minimum Gasteiger partial charge on any atom is -0.497 e. The van der Waals surface area contributed by atoms with Crippen LogP contribution in [0.15, 0.2) is 90.8 Å². The molecule has 0 saturated heterocycles. The summed E-state index contributed by atoms with van der Waals surface area (Å²) in [6, 6.07) is 17.3. The van der Waals surface area contributed by atoms with Crippen molar-refractivity contribution < 1.29 is 24.2 Å². The predicted octanol–water partition coefficient (Wildman–Crippen LogP) is 8.96. The summed E-state index contributed by atoms with van der Waals surface area (Å²) in [6.07, 6.45) is 13.2. The van der Waals surface area contributed by atoms with E-state index in [2.05, 4.69) is 72.5 Å². The fraction of sp³-hybridized carbons (Fsp3) is 0.390. The number of aromatic amines is 1. The van der Waals surface area contributed by atoms with Crippen LogP contribution in [0.25, 0.3) is 10.9 Å². The summed E-state index contributed by atoms with van der Waals surface area (Å²) < 4.78 is 10.9. The fourth-order valence-corrected chi connectivity index (χ4v) is 5.46. The lowest BCUT2D eigenvalue weighted by Gasteiger charge is -2.21. The lowest BCUT2D eigenvalue weighted by Crippen LogP contribution is -2.33. The van der Waals surface area contributed by atoms with Crippen molar-refractivity contribution in [3.63, 3.8) is 0 Å². The molecular formula is C41H54ClN3O5. The number of H-pyrrole nitrogens is 1. The number of allylic oxidation sites excluding steroid dienone is 2. The van der Waals surface area contributed by atoms with Crippen molar-refractivity contribution in [2.45, 2.75) is 85.4 Å². The van der Waals surface area contributed by atoms with E-state index < -0.39 is 6.10 Å². The summed E-state index contributed by atoms with van der Waals surface area (Å²) >= 11 is 5.61. The van der Waals surface area contributed by atoms with Crippen LogP contribution in [0.3, 0.4) is 0 Å². The number of nitrogens with one attached hydrogen (secondary N) is 2. The van der Waals surface area contributed by atoms with Gasteiger partial charge in [-0.25, -0.2) is 0 Å². The summed E-state index contributed by atoms with van der Waals surface area (Å²) in [5.74, 6) is 0.873. The molecule has 2 heterocycles. The summed E-state index contributed by atoms with van der Waals surface area (Å²) in [5, 5.41) is 15.0. The number of aldehydes is 1. The topological polar surface area (TPSA) is 114 Å². The zero-order valence-electron chi connectivity index (χ0n) is 30.5. The van der Waals surface area contributed by atoms with E-state index in [4.69, 9.17) is 25.9 Å². The lowest BCUT2D eigenvalue weighted by molar-refractivity contribution is -0.106. The molecule has 3 unspecified atom stereocenters. The number of hydrogen-bond acceptors (Lipinski definition) is 6. The molecule has 1 amide bonds. The number of hydrogen-bond donors (Lipinski definition) is 3. The standard InChI is InChI=1S/C30H37N3O3.C7H7ClO.C2H4O.C2H6/c1-4-6-26-27-17-20(2)8-13-28(27)33-29(26)21(3)22-9-11-25(12-10-22)36-16-14-24(34)19-32-30(35)23-7-5-15-31-18-23;1-9-7-4-2-6(8)3-5-7;1-2-3;1-2/h5,7-11,13,15,17-18,21,24-25,33-34H,4,6,12,14,16,19H2,1-3H3,(H,32,35);2-5H,1H3;2H,1H3;1-2H3. The number of aliphatic hydroxyl groups is 1. The largest absolute Gasteiger partial charge is 0.497 e. The number of methoxy groups -OCH3 is 1. The number of rotatable bonds is 12. The maximum Gasteiger partial charge on any atom is 0.252 e. The monoisotopic (exact) mass is 703 g/mol. The molecule has 0 bridgehead atoms. The Balaban J connectivity index is 0.000000522. The molecule has 0 spiro atoms. The number of carbonyl (C=O) groups excluding carboxylic acids is 2. The Hall–Kier alpha value is -4.24. The number of amides is 1. The minimum atomic E-state index is -0.660. The minimum absolute atomic E-state index is 0.00129. The maximum absolute atomic E-state index is 12.1. The highest BCUT2D eigenvalue weighted by Gasteiger charge is 2.21. The van der Waals surface area contributed by atoms with Crippen molar-refractivity contribution in [1.82, 2.24) is 15.3 Å². The average molecular weight is 704 g/mol. The van der Waals surface area contributed by atoms with E-state index in [1.807, 2.05) is 26.0 Å². The quantitative estimate of drug-likeness (QED) is 0.127. The Bertz CT molecular complexity index is 1630. The smallest absolute Gasteiger partial charge is 0.252 e. The van der Waals surface area contributed by atoms with E-state index in [0.717, 1.165) is 36.3 Å². The zero-order chi connectivity index (χ0) is 36.9. The number of pyridine rings is 1. The molecule has 8 nitrogen and oxygen atoms in total. The van der Waals surface area contributed by atoms with Crippen molar-refractivity contribution >= 4 is 34.7 Å². The first-order valence-corrected chi connectivity index (χ1v) is 17.7. The molecule has 2 aromatic carbocycles. The van der Waals surface area contributed by atoms with E-state index in [1.54, 1.807) is 37.6 Å². The number of benzene rings is 2. The first-order chi connectivity index (χ1) is 24.2. The van der Waals surface area contributed by atoms with E-state index in [0.29, 0.717) is 18.6 Å². The second kappa shape index (κ2) is 23.2. The van der Waals surface area contributed by atoms with Gasteiger partial charge in [0.05, 0.1) is 24.9 Å². The third kappa shape index (κ3) is 13.6. The predicted molar refractivity (Wildman–Crippen MR) is 205 cm³/mol. The number of aromatic nitrogens is 2. The third-order valence-corrected chi connectivity index (χ3v) is 8.12. The van der Waals surface area contributed by atoms with Crippen LogP contribution in [-0.4, -0.2) is 59.7 Å². The van der Waals surface area contributed by atoms with Gasteiger partial charge in [-0.1, -0.05) is 75.6 Å². The Labute approximate surface area is 303 Å². The van der Waals surface area contributed by atoms with Gasteiger partial charge >= 0.3 is 0 Å². The molecule has 2 aromatic heterocycles. The van der Waals surface area contributed by atoms with Gasteiger partial charge in [0.15, 0.2) is 0 Å². The van der Waals surface area contributed by atoms with Crippen LogP contribution >= 0.6 is 11.6 Å². The fourth-order valence-electron chi connectivity index (χ4n) is 5.34. The molecule has 4 aromatic rings. The van der Waals surface area contributed by atoms with E-state index in [-0.39, 0.29) is 24.5 Å². The Morgan fingerprint density at radius 1 is 1.18 bits per heavy atom. The van der Waals surface area contributed by atoms with Crippen molar-refractivity contribution in [1.29, 1.82) is 0 Å². The molecule has 1 aliphatic rings. The Morgan fingerprint density at radius 3 is 2.50 bits per heavy atom. The molecule has 9 heteroatoms. The number of aliphatic hydroxyl groups excluding tert-OH is 1. The first kappa shape index (κ1) is 41.9. The number of nitrogens with zero attached hydrogens (tertiary/aromatic N) is 1. The van der Waals surface area contributed by atoms with E-state index in [9.17, 15) is 9.90 Å². The van der Waals surface area contributed by atoms with Crippen LogP contribution in [-0.2, 0) is 16.0 Å². The van der Waals surface area contributed by atoms with Crippen molar-refractivity contribution in [2.75, 3.05) is 20.3 Å². The second-order valence-electron chi connectivity index (χ2n) is 11.5. The molecule has 50 heavy (non-hydrogen) atoms. The number of carbonyl (C=O) groups is 2. The van der Waals surface area contributed by atoms with Gasteiger partial charge in [-0.05, 0) is 92.8 Å². The van der Waals surface area contributed by atoms with Crippen LogP contribution in [0.1, 0.15) is 87.0 Å². The normalized spacial score (nSPS) is 14.3. The maximum atomic E-state index is 12.1. The molecule has 3 atom stereocenters. The molecule has 0 fully saturated rings. The highest BCUT2D eigenvalue weighted by atomic mass is 35.5. The summed E-state index contributed by atoms with van der Waals surface area (Å²) in [4.78, 5) is 28.5. The van der Waals surface area contributed by atoms with Gasteiger partial charge in [0.25, 0.3) is 5.91 Å². The van der Waals surface area contributed by atoms with Gasteiger partial charge in [0, 0.05) is 53.1 Å². The van der Waals surface area contributed by atoms with Gasteiger partial charge in [0.2, 0.25) is 0 Å². The molecular weight excluding hydrogens is 650 g/mol. The molecule has 0 saturated carbocycles. The first-order valence-electron chi connectivity index (χ1n) is 17.4. The molecule has 5 rings (SSSR count). The van der Waals surface area contributed by atoms with Crippen LogP contribution in [0.2, 0.25) is 5.02 Å². The van der Waals surface area contributed by atoms with E-state index in [1.165, 1.54) is 46.4 Å². The molecule has 0 aliphatic heterocycles. The number of halogens is 1. The number of fused-ring (bicyclic) bond motifs is 1. The highest BCUT2D eigenvalue weighted by Crippen LogP contribution is 2.35. The molecule has 3 N–H and O–H groups in total. The molecule has 0 radical (unpaired) electrons. The average Bonchev–Trinajstić information content (AvgIpc) is 3.50. The Morgan fingerprint density at radius 2 is 1.90 bits per heavy atom. The molecule has 1 aliphatic carbocycles. The van der Waals surface area contributed by atoms with Crippen molar-refractivity contribution in [2.24, 2.45) is 0 Å².